The number of hydrogen-bond acceptors (Lipinski definition) is 2. The molecule has 0 radical (unpaired) electrons. The van der Waals surface area contributed by atoms with Crippen LogP contribution in [0.4, 0.5) is 0 Å². The summed E-state index contributed by atoms with van der Waals surface area (Å²) in [4.78, 5) is 14.4. The van der Waals surface area contributed by atoms with Crippen molar-refractivity contribution in [3.05, 3.63) is 71.3 Å². The molecule has 1 amide bonds. The van der Waals surface area contributed by atoms with E-state index in [9.17, 15) is 4.79 Å². The van der Waals surface area contributed by atoms with Crippen molar-refractivity contribution in [3.63, 3.8) is 0 Å². The number of aryl methyl sites for hydroxylation is 1. The highest BCUT2D eigenvalue weighted by molar-refractivity contribution is 5.94. The molecule has 0 spiro atoms. The lowest BCUT2D eigenvalue weighted by atomic mass is 10.1. The summed E-state index contributed by atoms with van der Waals surface area (Å²) in [7, 11) is 0. The number of carbonyl (C=O) groups is 1. The van der Waals surface area contributed by atoms with Gasteiger partial charge < -0.3 is 9.64 Å². The molecular formula is C18H19NO2. The first kappa shape index (κ1) is 13.8. The third-order valence-electron chi connectivity index (χ3n) is 3.82. The van der Waals surface area contributed by atoms with E-state index in [1.165, 1.54) is 0 Å². The average Bonchev–Trinajstić information content (AvgIpc) is 2.56. The van der Waals surface area contributed by atoms with Crippen LogP contribution in [0, 0.1) is 6.92 Å². The highest BCUT2D eigenvalue weighted by atomic mass is 16.5. The number of amides is 1. The van der Waals surface area contributed by atoms with Crippen LogP contribution in [0.2, 0.25) is 0 Å². The lowest BCUT2D eigenvalue weighted by molar-refractivity contribution is -0.0228. The van der Waals surface area contributed by atoms with Gasteiger partial charge in [-0.25, -0.2) is 0 Å². The van der Waals surface area contributed by atoms with E-state index in [0.717, 1.165) is 16.7 Å². The summed E-state index contributed by atoms with van der Waals surface area (Å²) in [5.41, 5.74) is 3.03. The third-order valence-corrected chi connectivity index (χ3v) is 3.82. The van der Waals surface area contributed by atoms with Gasteiger partial charge in [0.2, 0.25) is 0 Å². The summed E-state index contributed by atoms with van der Waals surface area (Å²) in [5.74, 6) is 0.0826. The zero-order valence-corrected chi connectivity index (χ0v) is 12.2. The summed E-state index contributed by atoms with van der Waals surface area (Å²) in [6, 6.07) is 17.8. The minimum Gasteiger partial charge on any atom is -0.370 e. The Kier molecular flexibility index (Phi) is 4.02. The Morgan fingerprint density at radius 3 is 2.52 bits per heavy atom. The number of benzene rings is 2. The molecule has 0 aromatic heterocycles. The smallest absolute Gasteiger partial charge is 0.254 e. The fourth-order valence-electron chi connectivity index (χ4n) is 2.58. The molecule has 1 saturated heterocycles. The van der Waals surface area contributed by atoms with Gasteiger partial charge in [0.15, 0.2) is 0 Å². The first-order valence-electron chi connectivity index (χ1n) is 7.26. The van der Waals surface area contributed by atoms with E-state index < -0.39 is 0 Å². The minimum absolute atomic E-state index is 0.0330. The fraction of sp³-hybridized carbons (Fsp3) is 0.278. The molecule has 1 aliphatic heterocycles. The molecule has 1 atom stereocenters. The normalized spacial score (nSPS) is 18.5. The zero-order chi connectivity index (χ0) is 14.7. The monoisotopic (exact) mass is 281 g/mol. The molecule has 108 valence electrons. The molecule has 3 rings (SSSR count). The molecule has 2 aromatic carbocycles. The second-order valence-electron chi connectivity index (χ2n) is 5.39. The average molecular weight is 281 g/mol. The number of morpholine rings is 1. The molecule has 3 nitrogen and oxygen atoms in total. The molecule has 21 heavy (non-hydrogen) atoms. The second-order valence-corrected chi connectivity index (χ2v) is 5.39. The summed E-state index contributed by atoms with van der Waals surface area (Å²) in [6.45, 7) is 3.86. The molecule has 0 N–H and O–H groups in total. The molecule has 3 heteroatoms. The van der Waals surface area contributed by atoms with Crippen LogP contribution in [-0.2, 0) is 4.74 Å². The molecule has 0 saturated carbocycles. The first-order valence-corrected chi connectivity index (χ1v) is 7.26. The van der Waals surface area contributed by atoms with Crippen molar-refractivity contribution >= 4 is 5.91 Å². The Bertz CT molecular complexity index is 607. The van der Waals surface area contributed by atoms with E-state index in [2.05, 4.69) is 0 Å². The maximum absolute atomic E-state index is 12.6. The van der Waals surface area contributed by atoms with Gasteiger partial charge in [-0.1, -0.05) is 48.0 Å². The summed E-state index contributed by atoms with van der Waals surface area (Å²) in [6.07, 6.45) is -0.0330. The molecule has 1 heterocycles. The predicted molar refractivity (Wildman–Crippen MR) is 82.2 cm³/mol. The summed E-state index contributed by atoms with van der Waals surface area (Å²) in [5, 5.41) is 0. The van der Waals surface area contributed by atoms with Crippen LogP contribution in [0.25, 0.3) is 0 Å². The molecular weight excluding hydrogens is 262 g/mol. The maximum Gasteiger partial charge on any atom is 0.254 e. The Labute approximate surface area is 125 Å². The van der Waals surface area contributed by atoms with Crippen LogP contribution >= 0.6 is 0 Å². The van der Waals surface area contributed by atoms with Gasteiger partial charge in [-0.05, 0) is 24.6 Å². The minimum atomic E-state index is -0.0330. The zero-order valence-electron chi connectivity index (χ0n) is 12.2. The Morgan fingerprint density at radius 1 is 1.10 bits per heavy atom. The fourth-order valence-corrected chi connectivity index (χ4v) is 2.58. The van der Waals surface area contributed by atoms with Gasteiger partial charge in [0.1, 0.15) is 6.10 Å². The van der Waals surface area contributed by atoms with E-state index in [-0.39, 0.29) is 12.0 Å². The Balaban J connectivity index is 1.74. The van der Waals surface area contributed by atoms with E-state index in [1.807, 2.05) is 66.4 Å². The lowest BCUT2D eigenvalue weighted by Crippen LogP contribution is -2.42. The van der Waals surface area contributed by atoms with Gasteiger partial charge in [0.05, 0.1) is 13.2 Å². The summed E-state index contributed by atoms with van der Waals surface area (Å²) >= 11 is 0. The molecule has 2 aromatic rings. The molecule has 1 fully saturated rings. The molecule has 1 aliphatic rings. The maximum atomic E-state index is 12.6. The van der Waals surface area contributed by atoms with Gasteiger partial charge in [0.25, 0.3) is 5.91 Å². The Morgan fingerprint density at radius 2 is 1.81 bits per heavy atom. The Hall–Kier alpha value is -2.13. The van der Waals surface area contributed by atoms with Crippen LogP contribution in [0.3, 0.4) is 0 Å². The molecule has 0 aliphatic carbocycles. The van der Waals surface area contributed by atoms with Gasteiger partial charge in [0, 0.05) is 12.1 Å². The number of rotatable bonds is 2. The standard InChI is InChI=1S/C18H19NO2/c1-14-7-9-16(10-8-14)18(20)19-11-12-21-17(13-19)15-5-3-2-4-6-15/h2-10,17H,11-13H2,1H3/t17-/m1/s1. The van der Waals surface area contributed by atoms with Crippen molar-refractivity contribution < 1.29 is 9.53 Å². The van der Waals surface area contributed by atoms with E-state index in [0.29, 0.717) is 19.7 Å². The molecule has 0 unspecified atom stereocenters. The van der Waals surface area contributed by atoms with Crippen LogP contribution < -0.4 is 0 Å². The van der Waals surface area contributed by atoms with Crippen LogP contribution in [0.5, 0.6) is 0 Å². The lowest BCUT2D eigenvalue weighted by Gasteiger charge is -2.33. The first-order chi connectivity index (χ1) is 10.2. The molecule has 0 bridgehead atoms. The largest absolute Gasteiger partial charge is 0.370 e. The number of hydrogen-bond donors (Lipinski definition) is 0. The van der Waals surface area contributed by atoms with Crippen molar-refractivity contribution in [2.24, 2.45) is 0 Å². The van der Waals surface area contributed by atoms with Gasteiger partial charge in [-0.3, -0.25) is 4.79 Å². The van der Waals surface area contributed by atoms with Crippen LogP contribution in [-0.4, -0.2) is 30.5 Å². The second kappa shape index (κ2) is 6.10. The number of carbonyl (C=O) groups excluding carboxylic acids is 1. The van der Waals surface area contributed by atoms with E-state index in [1.54, 1.807) is 0 Å². The predicted octanol–water partition coefficient (Wildman–Crippen LogP) is 3.21. The van der Waals surface area contributed by atoms with Crippen molar-refractivity contribution in [1.82, 2.24) is 4.90 Å². The topological polar surface area (TPSA) is 29.5 Å². The van der Waals surface area contributed by atoms with Gasteiger partial charge in [-0.15, -0.1) is 0 Å². The van der Waals surface area contributed by atoms with Crippen molar-refractivity contribution in [2.75, 3.05) is 19.7 Å². The quantitative estimate of drug-likeness (QED) is 0.846. The van der Waals surface area contributed by atoms with E-state index >= 15 is 0 Å². The SMILES string of the molecule is Cc1ccc(C(=O)N2CCO[C@@H](c3ccccc3)C2)cc1. The van der Waals surface area contributed by atoms with Crippen molar-refractivity contribution in [3.8, 4) is 0 Å². The van der Waals surface area contributed by atoms with Crippen LogP contribution in [0.1, 0.15) is 27.6 Å². The number of nitrogens with zero attached hydrogens (tertiary/aromatic N) is 1. The number of ether oxygens (including phenoxy) is 1. The van der Waals surface area contributed by atoms with Crippen molar-refractivity contribution in [1.29, 1.82) is 0 Å². The van der Waals surface area contributed by atoms with E-state index in [4.69, 9.17) is 4.74 Å². The van der Waals surface area contributed by atoms with Crippen LogP contribution in [0.15, 0.2) is 54.6 Å². The highest BCUT2D eigenvalue weighted by Gasteiger charge is 2.25. The van der Waals surface area contributed by atoms with Crippen molar-refractivity contribution in [2.45, 2.75) is 13.0 Å². The highest BCUT2D eigenvalue weighted by Crippen LogP contribution is 2.23. The van der Waals surface area contributed by atoms with Gasteiger partial charge >= 0.3 is 0 Å². The summed E-state index contributed by atoms with van der Waals surface area (Å²) < 4.78 is 5.81. The van der Waals surface area contributed by atoms with Gasteiger partial charge in [-0.2, -0.15) is 0 Å². The third kappa shape index (κ3) is 3.14.